The fourth-order valence-corrected chi connectivity index (χ4v) is 4.43. The number of carbonyl (C=O) groups is 1. The molecule has 4 rings (SSSR count). The van der Waals surface area contributed by atoms with Gasteiger partial charge in [0.15, 0.2) is 0 Å². The molecule has 3 aromatic rings. The standard InChI is InChI=1S/C21H23N3OS/c25-21(23-16-8-2-1-3-9-16)18-10-4-5-11-19(18)26-15-17-14-24-13-7-6-12-20(24)22-17/h4-7,10-14,16H,1-3,8-9,15H2,(H,23,25). The van der Waals surface area contributed by atoms with E-state index >= 15 is 0 Å². The highest BCUT2D eigenvalue weighted by molar-refractivity contribution is 7.98. The van der Waals surface area contributed by atoms with Crippen LogP contribution in [0.3, 0.4) is 0 Å². The second kappa shape index (κ2) is 7.96. The summed E-state index contributed by atoms with van der Waals surface area (Å²) in [4.78, 5) is 18.4. The largest absolute Gasteiger partial charge is 0.349 e. The summed E-state index contributed by atoms with van der Waals surface area (Å²) >= 11 is 1.67. The number of amides is 1. The van der Waals surface area contributed by atoms with Gasteiger partial charge in [0.05, 0.1) is 11.3 Å². The van der Waals surface area contributed by atoms with Crippen LogP contribution in [0, 0.1) is 0 Å². The minimum atomic E-state index is 0.0509. The van der Waals surface area contributed by atoms with E-state index in [1.54, 1.807) is 11.8 Å². The highest BCUT2D eigenvalue weighted by Crippen LogP contribution is 2.27. The molecular formula is C21H23N3OS. The smallest absolute Gasteiger partial charge is 0.252 e. The lowest BCUT2D eigenvalue weighted by atomic mass is 9.95. The van der Waals surface area contributed by atoms with Crippen molar-refractivity contribution in [2.45, 2.75) is 48.8 Å². The van der Waals surface area contributed by atoms with Crippen molar-refractivity contribution in [2.75, 3.05) is 0 Å². The van der Waals surface area contributed by atoms with Crippen molar-refractivity contribution < 1.29 is 4.79 Å². The Hall–Kier alpha value is -2.27. The first-order valence-electron chi connectivity index (χ1n) is 9.25. The number of fused-ring (bicyclic) bond motifs is 1. The molecule has 2 aromatic heterocycles. The molecule has 0 spiro atoms. The Balaban J connectivity index is 1.45. The normalized spacial score (nSPS) is 15.2. The molecule has 1 amide bonds. The number of rotatable bonds is 5. The molecule has 0 radical (unpaired) electrons. The Morgan fingerprint density at radius 2 is 1.92 bits per heavy atom. The zero-order valence-corrected chi connectivity index (χ0v) is 15.5. The number of aromatic nitrogens is 2. The fourth-order valence-electron chi connectivity index (χ4n) is 3.50. The van der Waals surface area contributed by atoms with Gasteiger partial charge in [-0.15, -0.1) is 11.8 Å². The third-order valence-electron chi connectivity index (χ3n) is 4.86. The van der Waals surface area contributed by atoms with Gasteiger partial charge in [-0.3, -0.25) is 4.79 Å². The van der Waals surface area contributed by atoms with Crippen LogP contribution in [0.1, 0.15) is 48.2 Å². The summed E-state index contributed by atoms with van der Waals surface area (Å²) in [7, 11) is 0. The Morgan fingerprint density at radius 3 is 2.77 bits per heavy atom. The summed E-state index contributed by atoms with van der Waals surface area (Å²) in [6.07, 6.45) is 9.97. The molecule has 134 valence electrons. The number of imidazole rings is 1. The van der Waals surface area contributed by atoms with E-state index in [0.717, 1.165) is 40.4 Å². The summed E-state index contributed by atoms with van der Waals surface area (Å²) < 4.78 is 2.03. The molecule has 1 aromatic carbocycles. The van der Waals surface area contributed by atoms with Crippen LogP contribution in [0.5, 0.6) is 0 Å². The van der Waals surface area contributed by atoms with Crippen molar-refractivity contribution in [1.29, 1.82) is 0 Å². The van der Waals surface area contributed by atoms with Gasteiger partial charge in [0.2, 0.25) is 0 Å². The summed E-state index contributed by atoms with van der Waals surface area (Å²) in [5, 5.41) is 3.22. The van der Waals surface area contributed by atoms with E-state index in [-0.39, 0.29) is 5.91 Å². The van der Waals surface area contributed by atoms with Crippen LogP contribution in [0.25, 0.3) is 5.65 Å². The second-order valence-corrected chi connectivity index (χ2v) is 7.81. The number of thioether (sulfide) groups is 1. The molecule has 1 saturated carbocycles. The third kappa shape index (κ3) is 3.93. The molecule has 0 atom stereocenters. The number of hydrogen-bond donors (Lipinski definition) is 1. The lowest BCUT2D eigenvalue weighted by molar-refractivity contribution is 0.0924. The average molecular weight is 366 g/mol. The third-order valence-corrected chi connectivity index (χ3v) is 5.97. The molecule has 0 bridgehead atoms. The first-order chi connectivity index (χ1) is 12.8. The molecule has 0 unspecified atom stereocenters. The quantitative estimate of drug-likeness (QED) is 0.667. The van der Waals surface area contributed by atoms with Crippen molar-refractivity contribution >= 4 is 23.3 Å². The van der Waals surface area contributed by atoms with Crippen LogP contribution in [-0.2, 0) is 5.75 Å². The lowest BCUT2D eigenvalue weighted by Gasteiger charge is -2.23. The predicted molar refractivity (Wildman–Crippen MR) is 106 cm³/mol. The minimum Gasteiger partial charge on any atom is -0.349 e. The number of benzene rings is 1. The van der Waals surface area contributed by atoms with Crippen molar-refractivity contribution in [1.82, 2.24) is 14.7 Å². The Kier molecular flexibility index (Phi) is 5.25. The van der Waals surface area contributed by atoms with Crippen molar-refractivity contribution in [3.8, 4) is 0 Å². The van der Waals surface area contributed by atoms with E-state index in [0.29, 0.717) is 6.04 Å². The van der Waals surface area contributed by atoms with Crippen LogP contribution >= 0.6 is 11.8 Å². The van der Waals surface area contributed by atoms with Crippen molar-refractivity contribution in [2.24, 2.45) is 0 Å². The molecular weight excluding hydrogens is 342 g/mol. The SMILES string of the molecule is O=C(NC1CCCCC1)c1ccccc1SCc1cn2ccccc2n1. The average Bonchev–Trinajstić information content (AvgIpc) is 3.10. The molecule has 1 aliphatic rings. The monoisotopic (exact) mass is 365 g/mol. The van der Waals surface area contributed by atoms with Crippen LogP contribution in [0.15, 0.2) is 59.8 Å². The summed E-state index contributed by atoms with van der Waals surface area (Å²) in [6, 6.07) is 14.2. The minimum absolute atomic E-state index is 0.0509. The second-order valence-electron chi connectivity index (χ2n) is 6.79. The first-order valence-corrected chi connectivity index (χ1v) is 10.2. The fraction of sp³-hybridized carbons (Fsp3) is 0.333. The van der Waals surface area contributed by atoms with E-state index in [1.807, 2.05) is 59.3 Å². The molecule has 5 heteroatoms. The maximum Gasteiger partial charge on any atom is 0.252 e. The van der Waals surface area contributed by atoms with E-state index in [1.165, 1.54) is 19.3 Å². The van der Waals surface area contributed by atoms with Gasteiger partial charge >= 0.3 is 0 Å². The molecule has 2 heterocycles. The highest BCUT2D eigenvalue weighted by Gasteiger charge is 2.18. The van der Waals surface area contributed by atoms with Crippen LogP contribution < -0.4 is 5.32 Å². The zero-order chi connectivity index (χ0) is 17.8. The van der Waals surface area contributed by atoms with Gasteiger partial charge in [-0.25, -0.2) is 4.98 Å². The van der Waals surface area contributed by atoms with Gasteiger partial charge in [-0.1, -0.05) is 37.5 Å². The number of nitrogens with one attached hydrogen (secondary N) is 1. The number of carbonyl (C=O) groups excluding carboxylic acids is 1. The Morgan fingerprint density at radius 1 is 1.12 bits per heavy atom. The molecule has 1 fully saturated rings. The summed E-state index contributed by atoms with van der Waals surface area (Å²) in [5.41, 5.74) is 2.74. The van der Waals surface area contributed by atoms with E-state index in [4.69, 9.17) is 0 Å². The molecule has 4 nitrogen and oxygen atoms in total. The Labute approximate surface area is 158 Å². The highest BCUT2D eigenvalue weighted by atomic mass is 32.2. The number of nitrogens with zero attached hydrogens (tertiary/aromatic N) is 2. The molecule has 0 aliphatic heterocycles. The number of hydrogen-bond acceptors (Lipinski definition) is 3. The van der Waals surface area contributed by atoms with Crippen LogP contribution in [0.2, 0.25) is 0 Å². The van der Waals surface area contributed by atoms with E-state index in [2.05, 4.69) is 10.3 Å². The van der Waals surface area contributed by atoms with Crippen LogP contribution in [0.4, 0.5) is 0 Å². The predicted octanol–water partition coefficient (Wildman–Crippen LogP) is 4.69. The lowest BCUT2D eigenvalue weighted by Crippen LogP contribution is -2.36. The molecule has 1 N–H and O–H groups in total. The van der Waals surface area contributed by atoms with Crippen molar-refractivity contribution in [3.63, 3.8) is 0 Å². The van der Waals surface area contributed by atoms with Gasteiger partial charge in [-0.05, 0) is 37.1 Å². The van der Waals surface area contributed by atoms with Gasteiger partial charge in [-0.2, -0.15) is 0 Å². The van der Waals surface area contributed by atoms with Crippen molar-refractivity contribution in [3.05, 3.63) is 66.1 Å². The van der Waals surface area contributed by atoms with Gasteiger partial charge < -0.3 is 9.72 Å². The van der Waals surface area contributed by atoms with E-state index in [9.17, 15) is 4.79 Å². The van der Waals surface area contributed by atoms with Gasteiger partial charge in [0, 0.05) is 29.1 Å². The van der Waals surface area contributed by atoms with E-state index < -0.39 is 0 Å². The zero-order valence-electron chi connectivity index (χ0n) is 14.7. The molecule has 26 heavy (non-hydrogen) atoms. The van der Waals surface area contributed by atoms with Gasteiger partial charge in [0.1, 0.15) is 5.65 Å². The maximum atomic E-state index is 12.7. The Bertz CT molecular complexity index is 866. The van der Waals surface area contributed by atoms with Crippen LogP contribution in [-0.4, -0.2) is 21.3 Å². The first kappa shape index (κ1) is 17.2. The maximum absolute atomic E-state index is 12.7. The topological polar surface area (TPSA) is 46.4 Å². The molecule has 1 aliphatic carbocycles. The number of pyridine rings is 1. The molecule has 0 saturated heterocycles. The summed E-state index contributed by atoms with van der Waals surface area (Å²) in [5.74, 6) is 0.796. The summed E-state index contributed by atoms with van der Waals surface area (Å²) in [6.45, 7) is 0. The van der Waals surface area contributed by atoms with Gasteiger partial charge in [0.25, 0.3) is 5.91 Å².